The minimum Gasteiger partial charge on any atom is -0.495 e. The highest BCUT2D eigenvalue weighted by molar-refractivity contribution is 5.88. The topological polar surface area (TPSA) is 51.0 Å². The Morgan fingerprint density at radius 2 is 2.12 bits per heavy atom. The van der Waals surface area contributed by atoms with Crippen LogP contribution in [0.5, 0.6) is 5.75 Å². The van der Waals surface area contributed by atoms with Gasteiger partial charge in [-0.2, -0.15) is 0 Å². The number of H-pyrrole nitrogens is 1. The molecule has 3 heteroatoms. The Morgan fingerprint density at radius 3 is 2.88 bits per heavy atom. The van der Waals surface area contributed by atoms with Gasteiger partial charge in [-0.15, -0.1) is 0 Å². The molecule has 0 aliphatic rings. The molecular formula is C14H20N2O. The highest BCUT2D eigenvalue weighted by Crippen LogP contribution is 2.27. The van der Waals surface area contributed by atoms with Gasteiger partial charge < -0.3 is 15.5 Å². The molecule has 1 aromatic carbocycles. The van der Waals surface area contributed by atoms with Gasteiger partial charge in [0.15, 0.2) is 0 Å². The maximum Gasteiger partial charge on any atom is 0.142 e. The number of para-hydroxylation sites is 1. The van der Waals surface area contributed by atoms with Crippen LogP contribution in [-0.2, 0) is 6.42 Å². The number of aromatic nitrogens is 1. The van der Waals surface area contributed by atoms with E-state index in [9.17, 15) is 0 Å². The van der Waals surface area contributed by atoms with Crippen LogP contribution in [0.2, 0.25) is 0 Å². The van der Waals surface area contributed by atoms with Crippen molar-refractivity contribution < 1.29 is 4.74 Å². The number of methoxy groups -OCH3 is 1. The molecule has 0 aliphatic heterocycles. The number of nitrogens with two attached hydrogens (primary N) is 1. The summed E-state index contributed by atoms with van der Waals surface area (Å²) >= 11 is 0. The molecule has 1 aromatic heterocycles. The zero-order valence-corrected chi connectivity index (χ0v) is 10.3. The molecule has 17 heavy (non-hydrogen) atoms. The van der Waals surface area contributed by atoms with Gasteiger partial charge in [-0.1, -0.05) is 18.6 Å². The zero-order chi connectivity index (χ0) is 12.1. The van der Waals surface area contributed by atoms with Crippen LogP contribution >= 0.6 is 0 Å². The Morgan fingerprint density at radius 1 is 1.24 bits per heavy atom. The predicted octanol–water partition coefficient (Wildman–Crippen LogP) is 2.85. The number of aryl methyl sites for hydroxylation is 1. The first-order chi connectivity index (χ1) is 8.36. The molecule has 0 unspecified atom stereocenters. The zero-order valence-electron chi connectivity index (χ0n) is 10.3. The van der Waals surface area contributed by atoms with Gasteiger partial charge in [0.25, 0.3) is 0 Å². The van der Waals surface area contributed by atoms with Gasteiger partial charge in [0.05, 0.1) is 12.6 Å². The van der Waals surface area contributed by atoms with Gasteiger partial charge >= 0.3 is 0 Å². The van der Waals surface area contributed by atoms with Crippen molar-refractivity contribution in [3.05, 3.63) is 30.0 Å². The Balaban J connectivity index is 2.13. The van der Waals surface area contributed by atoms with Crippen LogP contribution in [-0.4, -0.2) is 18.6 Å². The van der Waals surface area contributed by atoms with Crippen molar-refractivity contribution in [2.75, 3.05) is 13.7 Å². The van der Waals surface area contributed by atoms with E-state index in [4.69, 9.17) is 10.5 Å². The van der Waals surface area contributed by atoms with Crippen LogP contribution in [0.1, 0.15) is 24.8 Å². The third-order valence-corrected chi connectivity index (χ3v) is 3.13. The third-order valence-electron chi connectivity index (χ3n) is 3.13. The molecule has 0 radical (unpaired) electrons. The fourth-order valence-electron chi connectivity index (χ4n) is 2.20. The number of hydrogen-bond donors (Lipinski definition) is 2. The van der Waals surface area contributed by atoms with Crippen LogP contribution in [0.3, 0.4) is 0 Å². The monoisotopic (exact) mass is 232 g/mol. The number of ether oxygens (including phenoxy) is 1. The van der Waals surface area contributed by atoms with E-state index in [0.717, 1.165) is 30.7 Å². The van der Waals surface area contributed by atoms with E-state index in [2.05, 4.69) is 17.2 Å². The van der Waals surface area contributed by atoms with Crippen molar-refractivity contribution in [1.29, 1.82) is 0 Å². The molecule has 0 spiro atoms. The first kappa shape index (κ1) is 12.0. The first-order valence-electron chi connectivity index (χ1n) is 6.20. The summed E-state index contributed by atoms with van der Waals surface area (Å²) in [6.45, 7) is 0.793. The lowest BCUT2D eigenvalue weighted by Crippen LogP contribution is -1.98. The van der Waals surface area contributed by atoms with Crippen molar-refractivity contribution in [3.8, 4) is 5.75 Å². The van der Waals surface area contributed by atoms with Crippen molar-refractivity contribution in [1.82, 2.24) is 4.98 Å². The molecule has 0 atom stereocenters. The highest BCUT2D eigenvalue weighted by atomic mass is 16.5. The fraction of sp³-hybridized carbons (Fsp3) is 0.429. The minimum absolute atomic E-state index is 0.793. The van der Waals surface area contributed by atoms with Gasteiger partial charge in [0.2, 0.25) is 0 Å². The largest absolute Gasteiger partial charge is 0.495 e. The normalized spacial score (nSPS) is 10.9. The van der Waals surface area contributed by atoms with E-state index in [1.165, 1.54) is 23.8 Å². The van der Waals surface area contributed by atoms with Gasteiger partial charge in [-0.25, -0.2) is 0 Å². The Bertz CT molecular complexity index is 476. The number of rotatable bonds is 6. The summed E-state index contributed by atoms with van der Waals surface area (Å²) in [7, 11) is 1.70. The standard InChI is InChI=1S/C14H20N2O/c1-17-13-8-5-7-12-11(10-16-14(12)13)6-3-2-4-9-15/h5,7-8,10,16H,2-4,6,9,15H2,1H3. The maximum atomic E-state index is 5.49. The van der Waals surface area contributed by atoms with E-state index < -0.39 is 0 Å². The Hall–Kier alpha value is -1.48. The Labute approximate surface area is 102 Å². The van der Waals surface area contributed by atoms with Crippen LogP contribution in [0.25, 0.3) is 10.9 Å². The lowest BCUT2D eigenvalue weighted by molar-refractivity contribution is 0.419. The number of benzene rings is 1. The molecule has 2 aromatic rings. The van der Waals surface area contributed by atoms with Crippen LogP contribution in [0.15, 0.2) is 24.4 Å². The second kappa shape index (κ2) is 5.73. The van der Waals surface area contributed by atoms with Gasteiger partial charge in [-0.05, 0) is 37.4 Å². The van der Waals surface area contributed by atoms with Crippen molar-refractivity contribution >= 4 is 10.9 Å². The molecule has 0 amide bonds. The molecule has 3 N–H and O–H groups in total. The van der Waals surface area contributed by atoms with E-state index in [-0.39, 0.29) is 0 Å². The van der Waals surface area contributed by atoms with Crippen LogP contribution in [0.4, 0.5) is 0 Å². The van der Waals surface area contributed by atoms with Crippen molar-refractivity contribution in [2.45, 2.75) is 25.7 Å². The lowest BCUT2D eigenvalue weighted by atomic mass is 10.1. The maximum absolute atomic E-state index is 5.49. The summed E-state index contributed by atoms with van der Waals surface area (Å²) in [5.41, 5.74) is 7.97. The molecule has 0 saturated carbocycles. The smallest absolute Gasteiger partial charge is 0.142 e. The minimum atomic E-state index is 0.793. The summed E-state index contributed by atoms with van der Waals surface area (Å²) in [6.07, 6.45) is 6.71. The molecule has 1 heterocycles. The van der Waals surface area contributed by atoms with E-state index >= 15 is 0 Å². The number of fused-ring (bicyclic) bond motifs is 1. The summed E-state index contributed by atoms with van der Waals surface area (Å²) in [5.74, 6) is 0.913. The van der Waals surface area contributed by atoms with Crippen molar-refractivity contribution in [3.63, 3.8) is 0 Å². The molecular weight excluding hydrogens is 212 g/mol. The quantitative estimate of drug-likeness (QED) is 0.752. The summed E-state index contributed by atoms with van der Waals surface area (Å²) in [6, 6.07) is 6.17. The molecule has 2 rings (SSSR count). The average Bonchev–Trinajstić information content (AvgIpc) is 2.78. The number of unbranched alkanes of at least 4 members (excludes halogenated alkanes) is 2. The lowest BCUT2D eigenvalue weighted by Gasteiger charge is -2.02. The first-order valence-corrected chi connectivity index (χ1v) is 6.20. The molecule has 3 nitrogen and oxygen atoms in total. The second-order valence-electron chi connectivity index (χ2n) is 4.30. The molecule has 0 aliphatic carbocycles. The number of hydrogen-bond acceptors (Lipinski definition) is 2. The van der Waals surface area contributed by atoms with E-state index in [1.54, 1.807) is 7.11 Å². The van der Waals surface area contributed by atoms with Crippen LogP contribution in [0, 0.1) is 0 Å². The predicted molar refractivity (Wildman–Crippen MR) is 71.5 cm³/mol. The SMILES string of the molecule is COc1cccc2c(CCCCCN)c[nH]c12. The van der Waals surface area contributed by atoms with E-state index in [0.29, 0.717) is 0 Å². The Kier molecular flexibility index (Phi) is 4.04. The number of nitrogens with one attached hydrogen (secondary N) is 1. The molecule has 0 bridgehead atoms. The molecule has 0 saturated heterocycles. The fourth-order valence-corrected chi connectivity index (χ4v) is 2.20. The average molecular weight is 232 g/mol. The summed E-state index contributed by atoms with van der Waals surface area (Å²) in [4.78, 5) is 3.30. The highest BCUT2D eigenvalue weighted by Gasteiger charge is 2.06. The summed E-state index contributed by atoms with van der Waals surface area (Å²) < 4.78 is 5.34. The molecule has 0 fully saturated rings. The number of aromatic amines is 1. The van der Waals surface area contributed by atoms with Gasteiger partial charge in [0, 0.05) is 11.6 Å². The van der Waals surface area contributed by atoms with Crippen molar-refractivity contribution in [2.24, 2.45) is 5.73 Å². The van der Waals surface area contributed by atoms with E-state index in [1.807, 2.05) is 12.1 Å². The van der Waals surface area contributed by atoms with Gasteiger partial charge in [-0.3, -0.25) is 0 Å². The third kappa shape index (κ3) is 2.61. The summed E-state index contributed by atoms with van der Waals surface area (Å²) in [5, 5.41) is 1.28. The van der Waals surface area contributed by atoms with Crippen LogP contribution < -0.4 is 10.5 Å². The molecule has 92 valence electrons. The van der Waals surface area contributed by atoms with Gasteiger partial charge in [0.1, 0.15) is 5.75 Å². The second-order valence-corrected chi connectivity index (χ2v) is 4.30.